The Kier molecular flexibility index (Phi) is 6.72. The predicted molar refractivity (Wildman–Crippen MR) is 140 cm³/mol. The molecule has 2 aromatic heterocycles. The number of rotatable bonds is 6. The molecule has 2 aromatic carbocycles. The highest BCUT2D eigenvalue weighted by Gasteiger charge is 2.27. The number of piperidine rings is 1. The molecule has 4 aromatic rings. The fourth-order valence-electron chi connectivity index (χ4n) is 4.34. The molecular weight excluding hydrogens is 458 g/mol. The number of ether oxygens (including phenoxy) is 1. The van der Waals surface area contributed by atoms with Gasteiger partial charge in [0.1, 0.15) is 17.9 Å². The van der Waals surface area contributed by atoms with Gasteiger partial charge in [-0.1, -0.05) is 12.1 Å². The van der Waals surface area contributed by atoms with Crippen LogP contribution in [-0.4, -0.2) is 41.1 Å². The van der Waals surface area contributed by atoms with Crippen LogP contribution in [0.5, 0.6) is 5.75 Å². The van der Waals surface area contributed by atoms with Gasteiger partial charge in [0.25, 0.3) is 0 Å². The van der Waals surface area contributed by atoms with Crippen molar-refractivity contribution in [2.75, 3.05) is 30.4 Å². The standard InChI is InChI=1S/C27H27N5O2S/c1-18-30-25(16-35-18)20-5-3-7-22(13-20)31-27(33)21-6-4-12-32(15-21)26-14-24(28-17-29-26)19-8-10-23(34-2)11-9-19/h3,5,7-11,13-14,16-17,21H,4,6,12,15H2,1-2H3,(H,31,33). The number of carbonyl (C=O) groups excluding carboxylic acids is 1. The zero-order valence-electron chi connectivity index (χ0n) is 19.8. The van der Waals surface area contributed by atoms with Crippen LogP contribution in [0.4, 0.5) is 11.5 Å². The third kappa shape index (κ3) is 5.33. The van der Waals surface area contributed by atoms with Crippen LogP contribution in [0.15, 0.2) is 66.3 Å². The highest BCUT2D eigenvalue weighted by Crippen LogP contribution is 2.28. The predicted octanol–water partition coefficient (Wildman–Crippen LogP) is 5.44. The van der Waals surface area contributed by atoms with E-state index in [4.69, 9.17) is 4.74 Å². The summed E-state index contributed by atoms with van der Waals surface area (Å²) in [6, 6.07) is 17.7. The van der Waals surface area contributed by atoms with Crippen LogP contribution in [0.25, 0.3) is 22.5 Å². The van der Waals surface area contributed by atoms with Crippen LogP contribution in [0.3, 0.4) is 0 Å². The molecule has 1 unspecified atom stereocenters. The molecule has 0 spiro atoms. The lowest BCUT2D eigenvalue weighted by molar-refractivity contribution is -0.120. The van der Waals surface area contributed by atoms with E-state index in [2.05, 4.69) is 25.2 Å². The van der Waals surface area contributed by atoms with Gasteiger partial charge in [0.2, 0.25) is 5.91 Å². The average molecular weight is 486 g/mol. The molecule has 0 radical (unpaired) electrons. The lowest BCUT2D eigenvalue weighted by atomic mass is 9.96. The van der Waals surface area contributed by atoms with Crippen LogP contribution in [0.1, 0.15) is 17.8 Å². The molecule has 3 heterocycles. The number of benzene rings is 2. The average Bonchev–Trinajstić information content (AvgIpc) is 3.35. The molecule has 1 saturated heterocycles. The number of amides is 1. The number of nitrogens with one attached hydrogen (secondary N) is 1. The Morgan fingerprint density at radius 1 is 1.09 bits per heavy atom. The quantitative estimate of drug-likeness (QED) is 0.392. The van der Waals surface area contributed by atoms with Crippen molar-refractivity contribution in [2.24, 2.45) is 5.92 Å². The highest BCUT2D eigenvalue weighted by atomic mass is 32.1. The molecule has 8 heteroatoms. The van der Waals surface area contributed by atoms with Gasteiger partial charge in [-0.2, -0.15) is 0 Å². The van der Waals surface area contributed by atoms with Gasteiger partial charge >= 0.3 is 0 Å². The van der Waals surface area contributed by atoms with Gasteiger partial charge in [0.15, 0.2) is 0 Å². The van der Waals surface area contributed by atoms with Crippen molar-refractivity contribution >= 4 is 28.7 Å². The van der Waals surface area contributed by atoms with Gasteiger partial charge < -0.3 is 15.0 Å². The Balaban J connectivity index is 1.27. The van der Waals surface area contributed by atoms with Crippen LogP contribution in [0, 0.1) is 12.8 Å². The normalized spacial score (nSPS) is 15.6. The third-order valence-corrected chi connectivity index (χ3v) is 6.97. The molecule has 1 fully saturated rings. The second-order valence-corrected chi connectivity index (χ2v) is 9.66. The number of aromatic nitrogens is 3. The minimum absolute atomic E-state index is 0.0331. The number of hydrogen-bond acceptors (Lipinski definition) is 7. The number of thiazole rings is 1. The maximum Gasteiger partial charge on any atom is 0.229 e. The summed E-state index contributed by atoms with van der Waals surface area (Å²) in [5.41, 5.74) is 4.57. The molecule has 0 aliphatic carbocycles. The lowest BCUT2D eigenvalue weighted by Gasteiger charge is -2.33. The second-order valence-electron chi connectivity index (χ2n) is 8.60. The summed E-state index contributed by atoms with van der Waals surface area (Å²) >= 11 is 1.62. The molecule has 1 amide bonds. The molecule has 5 rings (SSSR count). The first-order chi connectivity index (χ1) is 17.1. The zero-order valence-corrected chi connectivity index (χ0v) is 20.6. The van der Waals surface area contributed by atoms with Gasteiger partial charge in [-0.25, -0.2) is 15.0 Å². The molecule has 0 saturated carbocycles. The minimum Gasteiger partial charge on any atom is -0.497 e. The van der Waals surface area contributed by atoms with E-state index < -0.39 is 0 Å². The highest BCUT2D eigenvalue weighted by molar-refractivity contribution is 7.09. The summed E-state index contributed by atoms with van der Waals surface area (Å²) < 4.78 is 5.25. The van der Waals surface area contributed by atoms with Crippen LogP contribution in [0.2, 0.25) is 0 Å². The lowest BCUT2D eigenvalue weighted by Crippen LogP contribution is -2.41. The molecule has 0 bridgehead atoms. The minimum atomic E-state index is -0.117. The third-order valence-electron chi connectivity index (χ3n) is 6.20. The first-order valence-electron chi connectivity index (χ1n) is 11.6. The van der Waals surface area contributed by atoms with E-state index in [0.29, 0.717) is 6.54 Å². The van der Waals surface area contributed by atoms with Crippen molar-refractivity contribution < 1.29 is 9.53 Å². The Hall–Kier alpha value is -3.78. The summed E-state index contributed by atoms with van der Waals surface area (Å²) in [6.07, 6.45) is 3.37. The van der Waals surface area contributed by atoms with Crippen LogP contribution in [-0.2, 0) is 4.79 Å². The molecule has 35 heavy (non-hydrogen) atoms. The summed E-state index contributed by atoms with van der Waals surface area (Å²) in [5.74, 6) is 1.56. The number of hydrogen-bond donors (Lipinski definition) is 1. The molecule has 178 valence electrons. The van der Waals surface area contributed by atoms with E-state index >= 15 is 0 Å². The van der Waals surface area contributed by atoms with Crippen molar-refractivity contribution in [2.45, 2.75) is 19.8 Å². The van der Waals surface area contributed by atoms with Gasteiger partial charge in [0.05, 0.1) is 29.4 Å². The molecular formula is C27H27N5O2S. The summed E-state index contributed by atoms with van der Waals surface area (Å²) in [5, 5.41) is 6.18. The Morgan fingerprint density at radius 3 is 2.71 bits per heavy atom. The Bertz CT molecular complexity index is 1320. The zero-order chi connectivity index (χ0) is 24.2. The van der Waals surface area contributed by atoms with Gasteiger partial charge in [0, 0.05) is 41.4 Å². The molecule has 1 aliphatic heterocycles. The first kappa shape index (κ1) is 23.0. The summed E-state index contributed by atoms with van der Waals surface area (Å²) in [6.45, 7) is 3.48. The van der Waals surface area contributed by atoms with Gasteiger partial charge in [-0.05, 0) is 56.2 Å². The van der Waals surface area contributed by atoms with E-state index in [1.807, 2.05) is 66.9 Å². The maximum absolute atomic E-state index is 13.1. The second kappa shape index (κ2) is 10.2. The van der Waals surface area contributed by atoms with Crippen molar-refractivity contribution in [3.05, 3.63) is 71.3 Å². The van der Waals surface area contributed by atoms with E-state index in [-0.39, 0.29) is 11.8 Å². The molecule has 7 nitrogen and oxygen atoms in total. The SMILES string of the molecule is COc1ccc(-c2cc(N3CCCC(C(=O)Nc4cccc(-c5csc(C)n5)c4)C3)ncn2)cc1. The van der Waals surface area contributed by atoms with Crippen LogP contribution < -0.4 is 15.0 Å². The molecule has 1 N–H and O–H groups in total. The van der Waals surface area contributed by atoms with Crippen molar-refractivity contribution in [3.63, 3.8) is 0 Å². The Morgan fingerprint density at radius 2 is 1.94 bits per heavy atom. The number of methoxy groups -OCH3 is 1. The van der Waals surface area contributed by atoms with E-state index in [9.17, 15) is 4.79 Å². The number of nitrogens with zero attached hydrogens (tertiary/aromatic N) is 4. The van der Waals surface area contributed by atoms with Crippen molar-refractivity contribution in [1.82, 2.24) is 15.0 Å². The van der Waals surface area contributed by atoms with E-state index in [1.54, 1.807) is 24.8 Å². The largest absolute Gasteiger partial charge is 0.497 e. The van der Waals surface area contributed by atoms with Gasteiger partial charge in [-0.15, -0.1) is 11.3 Å². The van der Waals surface area contributed by atoms with E-state index in [0.717, 1.165) is 64.2 Å². The molecule has 1 atom stereocenters. The van der Waals surface area contributed by atoms with Crippen molar-refractivity contribution in [1.29, 1.82) is 0 Å². The fourth-order valence-corrected chi connectivity index (χ4v) is 4.96. The fraction of sp³-hybridized carbons (Fsp3) is 0.259. The number of carbonyl (C=O) groups is 1. The monoisotopic (exact) mass is 485 g/mol. The summed E-state index contributed by atoms with van der Waals surface area (Å²) in [7, 11) is 1.65. The van der Waals surface area contributed by atoms with Crippen LogP contribution >= 0.6 is 11.3 Å². The summed E-state index contributed by atoms with van der Waals surface area (Å²) in [4.78, 5) is 28.8. The first-order valence-corrected chi connectivity index (χ1v) is 12.5. The topological polar surface area (TPSA) is 80.2 Å². The van der Waals surface area contributed by atoms with Gasteiger partial charge in [-0.3, -0.25) is 4.79 Å². The van der Waals surface area contributed by atoms with E-state index in [1.165, 1.54) is 0 Å². The smallest absolute Gasteiger partial charge is 0.229 e. The van der Waals surface area contributed by atoms with Crippen molar-refractivity contribution in [3.8, 4) is 28.3 Å². The maximum atomic E-state index is 13.1. The number of aryl methyl sites for hydroxylation is 1. The number of anilines is 2. The Labute approximate surface area is 208 Å². The molecule has 1 aliphatic rings.